The lowest BCUT2D eigenvalue weighted by Gasteiger charge is -2.62. The SMILES string of the molecule is C[C@H](CC[C@H](O)C1CCOCC1)[C@H]1CC[C@H]2[C@@H]3CC[C@H]4C[C@@](C)(O)CC[C@]4(C)[C@H]3CC[C@]12C. The highest BCUT2D eigenvalue weighted by molar-refractivity contribution is 5.10. The maximum Gasteiger partial charge on any atom is 0.0622 e. The first-order chi connectivity index (χ1) is 15.6. The summed E-state index contributed by atoms with van der Waals surface area (Å²) in [5, 5.41) is 21.6. The quantitative estimate of drug-likeness (QED) is 0.486. The van der Waals surface area contributed by atoms with Crippen LogP contribution >= 0.6 is 0 Å². The Morgan fingerprint density at radius 1 is 0.818 bits per heavy atom. The minimum absolute atomic E-state index is 0.129. The first kappa shape index (κ1) is 24.6. The van der Waals surface area contributed by atoms with Crippen molar-refractivity contribution in [3.8, 4) is 0 Å². The van der Waals surface area contributed by atoms with E-state index in [9.17, 15) is 10.2 Å². The van der Waals surface area contributed by atoms with Gasteiger partial charge in [0, 0.05) is 13.2 Å². The second kappa shape index (κ2) is 9.07. The smallest absolute Gasteiger partial charge is 0.0622 e. The van der Waals surface area contributed by atoms with Crippen LogP contribution in [0.5, 0.6) is 0 Å². The number of ether oxygens (including phenoxy) is 1. The van der Waals surface area contributed by atoms with E-state index in [1.165, 1.54) is 51.4 Å². The molecule has 2 N–H and O–H groups in total. The normalized spacial score (nSPS) is 50.2. The molecule has 0 unspecified atom stereocenters. The van der Waals surface area contributed by atoms with E-state index >= 15 is 0 Å². The summed E-state index contributed by atoms with van der Waals surface area (Å²) in [5.74, 6) is 5.46. The largest absolute Gasteiger partial charge is 0.393 e. The lowest BCUT2D eigenvalue weighted by Crippen LogP contribution is -2.55. The van der Waals surface area contributed by atoms with Gasteiger partial charge in [0.1, 0.15) is 0 Å². The van der Waals surface area contributed by atoms with E-state index in [2.05, 4.69) is 27.7 Å². The van der Waals surface area contributed by atoms with Crippen LogP contribution in [0.4, 0.5) is 0 Å². The monoisotopic (exact) mass is 460 g/mol. The van der Waals surface area contributed by atoms with Gasteiger partial charge in [0.2, 0.25) is 0 Å². The molecule has 5 rings (SSSR count). The molecule has 4 aliphatic carbocycles. The number of hydrogen-bond acceptors (Lipinski definition) is 3. The molecule has 0 aromatic rings. The maximum absolute atomic E-state index is 10.8. The van der Waals surface area contributed by atoms with Crippen molar-refractivity contribution in [2.45, 2.75) is 123 Å². The van der Waals surface area contributed by atoms with Crippen molar-refractivity contribution in [3.63, 3.8) is 0 Å². The van der Waals surface area contributed by atoms with Crippen molar-refractivity contribution in [2.24, 2.45) is 52.3 Å². The van der Waals surface area contributed by atoms with Gasteiger partial charge < -0.3 is 14.9 Å². The van der Waals surface area contributed by atoms with Crippen molar-refractivity contribution in [1.82, 2.24) is 0 Å². The van der Waals surface area contributed by atoms with E-state index in [4.69, 9.17) is 4.74 Å². The van der Waals surface area contributed by atoms with Gasteiger partial charge in [-0.25, -0.2) is 0 Å². The van der Waals surface area contributed by atoms with Gasteiger partial charge in [0.05, 0.1) is 11.7 Å². The fourth-order valence-corrected chi connectivity index (χ4v) is 10.4. The Bertz CT molecular complexity index is 684. The van der Waals surface area contributed by atoms with Crippen LogP contribution in [-0.2, 0) is 4.74 Å². The average Bonchev–Trinajstić information content (AvgIpc) is 3.15. The molecule has 3 heteroatoms. The van der Waals surface area contributed by atoms with Crippen molar-refractivity contribution >= 4 is 0 Å². The lowest BCUT2D eigenvalue weighted by atomic mass is 9.43. The van der Waals surface area contributed by atoms with Gasteiger partial charge >= 0.3 is 0 Å². The molecular formula is C30H52O3. The predicted molar refractivity (Wildman–Crippen MR) is 134 cm³/mol. The summed E-state index contributed by atoms with van der Waals surface area (Å²) in [7, 11) is 0. The van der Waals surface area contributed by atoms with E-state index in [1.54, 1.807) is 0 Å². The molecule has 1 aliphatic heterocycles. The van der Waals surface area contributed by atoms with E-state index in [1.807, 2.05) is 0 Å². The number of rotatable bonds is 5. The summed E-state index contributed by atoms with van der Waals surface area (Å²) in [6.45, 7) is 11.5. The Labute approximate surface area is 203 Å². The molecule has 190 valence electrons. The van der Waals surface area contributed by atoms with E-state index < -0.39 is 5.60 Å². The Hall–Kier alpha value is -0.120. The van der Waals surface area contributed by atoms with Crippen LogP contribution in [0.2, 0.25) is 0 Å². The summed E-state index contributed by atoms with van der Waals surface area (Å²) >= 11 is 0. The molecule has 0 bridgehead atoms. The summed E-state index contributed by atoms with van der Waals surface area (Å²) in [5.41, 5.74) is 0.543. The standard InChI is InChI=1S/C30H52O3/c1-20(5-10-27(31)21-12-17-33-18-13-21)24-8-9-25-23-7-6-22-19-28(2,32)15-16-29(22,3)26(23)11-14-30(24,25)4/h20-27,31-32H,5-19H2,1-4H3/t20-,22+,23+,24-,25+,26+,27+,28+,29+,30-/m1/s1. The number of hydrogen-bond donors (Lipinski definition) is 2. The summed E-state index contributed by atoms with van der Waals surface area (Å²) in [4.78, 5) is 0. The van der Waals surface area contributed by atoms with Crippen molar-refractivity contribution in [2.75, 3.05) is 13.2 Å². The third kappa shape index (κ3) is 4.35. The Kier molecular flexibility index (Phi) is 6.76. The van der Waals surface area contributed by atoms with Gasteiger partial charge in [0.15, 0.2) is 0 Å². The average molecular weight is 461 g/mol. The van der Waals surface area contributed by atoms with Crippen molar-refractivity contribution in [1.29, 1.82) is 0 Å². The predicted octanol–water partition coefficient (Wildman–Crippen LogP) is 6.60. The molecule has 0 aromatic carbocycles. The molecule has 1 saturated heterocycles. The fourth-order valence-electron chi connectivity index (χ4n) is 10.4. The van der Waals surface area contributed by atoms with Crippen LogP contribution in [-0.4, -0.2) is 35.1 Å². The summed E-state index contributed by atoms with van der Waals surface area (Å²) < 4.78 is 5.50. The lowest BCUT2D eigenvalue weighted by molar-refractivity contribution is -0.148. The number of fused-ring (bicyclic) bond motifs is 5. The fraction of sp³-hybridized carbons (Fsp3) is 1.00. The Balaban J connectivity index is 1.23. The third-order valence-corrected chi connectivity index (χ3v) is 12.4. The third-order valence-electron chi connectivity index (χ3n) is 12.4. The molecule has 0 spiro atoms. The van der Waals surface area contributed by atoms with Gasteiger partial charge in [0.25, 0.3) is 0 Å². The van der Waals surface area contributed by atoms with Crippen LogP contribution in [0.3, 0.4) is 0 Å². The molecule has 0 aromatic heterocycles. The number of aliphatic hydroxyl groups is 2. The van der Waals surface area contributed by atoms with Crippen molar-refractivity contribution in [3.05, 3.63) is 0 Å². The topological polar surface area (TPSA) is 49.7 Å². The molecular weight excluding hydrogens is 408 g/mol. The summed E-state index contributed by atoms with van der Waals surface area (Å²) in [6, 6.07) is 0. The number of aliphatic hydroxyl groups excluding tert-OH is 1. The highest BCUT2D eigenvalue weighted by Gasteiger charge is 2.61. The zero-order valence-corrected chi connectivity index (χ0v) is 22.0. The molecule has 0 amide bonds. The van der Waals surface area contributed by atoms with Gasteiger partial charge in [-0.1, -0.05) is 20.8 Å². The molecule has 10 atom stereocenters. The van der Waals surface area contributed by atoms with E-state index in [0.717, 1.165) is 80.8 Å². The zero-order chi connectivity index (χ0) is 23.4. The first-order valence-corrected chi connectivity index (χ1v) is 14.6. The Morgan fingerprint density at radius 3 is 2.30 bits per heavy atom. The van der Waals surface area contributed by atoms with E-state index in [-0.39, 0.29) is 6.10 Å². The van der Waals surface area contributed by atoms with Gasteiger partial charge in [-0.3, -0.25) is 0 Å². The minimum Gasteiger partial charge on any atom is -0.393 e. The van der Waals surface area contributed by atoms with Gasteiger partial charge in [-0.15, -0.1) is 0 Å². The zero-order valence-electron chi connectivity index (χ0n) is 22.0. The van der Waals surface area contributed by atoms with Crippen LogP contribution < -0.4 is 0 Å². The van der Waals surface area contributed by atoms with Gasteiger partial charge in [-0.05, 0) is 143 Å². The molecule has 0 radical (unpaired) electrons. The van der Waals surface area contributed by atoms with Crippen LogP contribution in [0.15, 0.2) is 0 Å². The molecule has 5 aliphatic rings. The molecule has 5 fully saturated rings. The molecule has 33 heavy (non-hydrogen) atoms. The maximum atomic E-state index is 10.8. The second-order valence-corrected chi connectivity index (χ2v) is 14.2. The van der Waals surface area contributed by atoms with E-state index in [0.29, 0.717) is 16.7 Å². The molecule has 4 saturated carbocycles. The van der Waals surface area contributed by atoms with Crippen LogP contribution in [0.25, 0.3) is 0 Å². The second-order valence-electron chi connectivity index (χ2n) is 14.2. The Morgan fingerprint density at radius 2 is 1.55 bits per heavy atom. The minimum atomic E-state index is -0.427. The first-order valence-electron chi connectivity index (χ1n) is 14.6. The molecule has 1 heterocycles. The van der Waals surface area contributed by atoms with Gasteiger partial charge in [-0.2, -0.15) is 0 Å². The van der Waals surface area contributed by atoms with Crippen LogP contribution in [0.1, 0.15) is 111 Å². The highest BCUT2D eigenvalue weighted by atomic mass is 16.5. The van der Waals surface area contributed by atoms with Crippen LogP contribution in [0, 0.1) is 52.3 Å². The summed E-state index contributed by atoms with van der Waals surface area (Å²) in [6.07, 6.45) is 15.8. The highest BCUT2D eigenvalue weighted by Crippen LogP contribution is 2.68. The van der Waals surface area contributed by atoms with Crippen molar-refractivity contribution < 1.29 is 14.9 Å². The molecule has 3 nitrogen and oxygen atoms in total.